The summed E-state index contributed by atoms with van der Waals surface area (Å²) in [5, 5.41) is 3.27. The van der Waals surface area contributed by atoms with Gasteiger partial charge in [-0.25, -0.2) is 8.78 Å². The summed E-state index contributed by atoms with van der Waals surface area (Å²) in [6, 6.07) is 2.06. The number of hydrogen-bond donors (Lipinski definition) is 1. The molecule has 1 heterocycles. The molecule has 5 heteroatoms. The van der Waals surface area contributed by atoms with Crippen LogP contribution in [0.1, 0.15) is 28.8 Å². The highest BCUT2D eigenvalue weighted by atomic mass is 19.1. The molecule has 20 heavy (non-hydrogen) atoms. The molecule has 0 atom stereocenters. The summed E-state index contributed by atoms with van der Waals surface area (Å²) in [5.74, 6) is -1.37. The van der Waals surface area contributed by atoms with Crippen LogP contribution in [-0.2, 0) is 0 Å². The van der Waals surface area contributed by atoms with Gasteiger partial charge in [0.05, 0.1) is 5.56 Å². The van der Waals surface area contributed by atoms with Crippen LogP contribution in [0.2, 0.25) is 0 Å². The molecule has 1 aliphatic rings. The summed E-state index contributed by atoms with van der Waals surface area (Å²) < 4.78 is 26.9. The third-order valence-corrected chi connectivity index (χ3v) is 3.82. The molecule has 0 bridgehead atoms. The standard InChI is InChI=1S/C15H20F2N2O/c1-10-7-12(14(17)8-13(10)16)15(20)19(2)9-11-3-5-18-6-4-11/h7-8,11,18H,3-6,9H2,1-2H3. The second-order valence-electron chi connectivity index (χ2n) is 5.46. The van der Waals surface area contributed by atoms with Crippen molar-refractivity contribution in [3.63, 3.8) is 0 Å². The average molecular weight is 282 g/mol. The zero-order chi connectivity index (χ0) is 14.7. The first-order chi connectivity index (χ1) is 9.49. The molecule has 0 aromatic heterocycles. The van der Waals surface area contributed by atoms with Gasteiger partial charge in [0.15, 0.2) is 0 Å². The van der Waals surface area contributed by atoms with Crippen molar-refractivity contribution >= 4 is 5.91 Å². The van der Waals surface area contributed by atoms with Crippen molar-refractivity contribution in [2.24, 2.45) is 5.92 Å². The number of nitrogens with one attached hydrogen (secondary N) is 1. The van der Waals surface area contributed by atoms with Gasteiger partial charge in [0.1, 0.15) is 11.6 Å². The lowest BCUT2D eigenvalue weighted by atomic mass is 9.97. The topological polar surface area (TPSA) is 32.3 Å². The van der Waals surface area contributed by atoms with Crippen LogP contribution >= 0.6 is 0 Å². The van der Waals surface area contributed by atoms with Gasteiger partial charge in [-0.05, 0) is 50.4 Å². The molecule has 1 aliphatic heterocycles. The van der Waals surface area contributed by atoms with Crippen molar-refractivity contribution in [3.05, 3.63) is 34.9 Å². The number of rotatable bonds is 3. The van der Waals surface area contributed by atoms with Gasteiger partial charge >= 0.3 is 0 Å². The van der Waals surface area contributed by atoms with Gasteiger partial charge in [-0.3, -0.25) is 4.79 Å². The van der Waals surface area contributed by atoms with E-state index in [9.17, 15) is 13.6 Å². The molecule has 0 unspecified atom stereocenters. The quantitative estimate of drug-likeness (QED) is 0.923. The predicted octanol–water partition coefficient (Wildman–Crippen LogP) is 2.34. The fourth-order valence-corrected chi connectivity index (χ4v) is 2.56. The van der Waals surface area contributed by atoms with E-state index in [1.165, 1.54) is 17.9 Å². The fourth-order valence-electron chi connectivity index (χ4n) is 2.56. The van der Waals surface area contributed by atoms with E-state index < -0.39 is 11.6 Å². The second-order valence-corrected chi connectivity index (χ2v) is 5.46. The van der Waals surface area contributed by atoms with Crippen LogP contribution in [0.5, 0.6) is 0 Å². The maximum atomic E-state index is 13.7. The molecule has 1 aromatic rings. The van der Waals surface area contributed by atoms with E-state index in [4.69, 9.17) is 0 Å². The van der Waals surface area contributed by atoms with E-state index in [1.807, 2.05) is 0 Å². The fraction of sp³-hybridized carbons (Fsp3) is 0.533. The van der Waals surface area contributed by atoms with E-state index in [1.54, 1.807) is 7.05 Å². The van der Waals surface area contributed by atoms with E-state index in [2.05, 4.69) is 5.32 Å². The first kappa shape index (κ1) is 14.9. The first-order valence-corrected chi connectivity index (χ1v) is 6.91. The van der Waals surface area contributed by atoms with E-state index in [0.717, 1.165) is 32.0 Å². The van der Waals surface area contributed by atoms with Crippen molar-refractivity contribution in [2.75, 3.05) is 26.7 Å². The smallest absolute Gasteiger partial charge is 0.256 e. The Hall–Kier alpha value is -1.49. The molecule has 110 valence electrons. The molecule has 1 N–H and O–H groups in total. The highest BCUT2D eigenvalue weighted by Gasteiger charge is 2.22. The maximum absolute atomic E-state index is 13.7. The number of carbonyl (C=O) groups is 1. The summed E-state index contributed by atoms with van der Waals surface area (Å²) in [5.41, 5.74) is 0.227. The van der Waals surface area contributed by atoms with Crippen LogP contribution < -0.4 is 5.32 Å². The van der Waals surface area contributed by atoms with Crippen molar-refractivity contribution in [1.29, 1.82) is 0 Å². The Bertz CT molecular complexity index is 499. The SMILES string of the molecule is Cc1cc(C(=O)N(C)CC2CCNCC2)c(F)cc1F. The van der Waals surface area contributed by atoms with Gasteiger partial charge in [0.25, 0.3) is 5.91 Å². The minimum Gasteiger partial charge on any atom is -0.341 e. The Balaban J connectivity index is 2.08. The lowest BCUT2D eigenvalue weighted by Gasteiger charge is -2.27. The number of hydrogen-bond acceptors (Lipinski definition) is 2. The lowest BCUT2D eigenvalue weighted by Crippen LogP contribution is -2.37. The first-order valence-electron chi connectivity index (χ1n) is 6.91. The summed E-state index contributed by atoms with van der Waals surface area (Å²) in [6.45, 7) is 4.04. The molecular weight excluding hydrogens is 262 g/mol. The lowest BCUT2D eigenvalue weighted by molar-refractivity contribution is 0.0758. The van der Waals surface area contributed by atoms with Crippen molar-refractivity contribution in [3.8, 4) is 0 Å². The van der Waals surface area contributed by atoms with Crippen molar-refractivity contribution < 1.29 is 13.6 Å². The number of carbonyl (C=O) groups excluding carboxylic acids is 1. The highest BCUT2D eigenvalue weighted by molar-refractivity contribution is 5.94. The normalized spacial score (nSPS) is 16.2. The third kappa shape index (κ3) is 3.33. The minimum absolute atomic E-state index is 0.0552. The number of aryl methyl sites for hydroxylation is 1. The zero-order valence-corrected chi connectivity index (χ0v) is 11.9. The summed E-state index contributed by atoms with van der Waals surface area (Å²) in [6.07, 6.45) is 2.03. The molecule has 0 aliphatic carbocycles. The van der Waals surface area contributed by atoms with Gasteiger partial charge in [0.2, 0.25) is 0 Å². The van der Waals surface area contributed by atoms with Crippen LogP contribution in [0.25, 0.3) is 0 Å². The van der Waals surface area contributed by atoms with Gasteiger partial charge in [-0.1, -0.05) is 0 Å². The van der Waals surface area contributed by atoms with Gasteiger partial charge < -0.3 is 10.2 Å². The zero-order valence-electron chi connectivity index (χ0n) is 11.9. The number of benzene rings is 1. The Morgan fingerprint density at radius 3 is 2.60 bits per heavy atom. The molecule has 1 aromatic carbocycles. The van der Waals surface area contributed by atoms with E-state index >= 15 is 0 Å². The molecule has 1 amide bonds. The van der Waals surface area contributed by atoms with Gasteiger partial charge in [-0.2, -0.15) is 0 Å². The number of nitrogens with zero attached hydrogens (tertiary/aromatic N) is 1. The molecule has 3 nitrogen and oxygen atoms in total. The average Bonchev–Trinajstić information content (AvgIpc) is 2.43. The van der Waals surface area contributed by atoms with Crippen LogP contribution in [0, 0.1) is 24.5 Å². The largest absolute Gasteiger partial charge is 0.341 e. The van der Waals surface area contributed by atoms with Gasteiger partial charge in [-0.15, -0.1) is 0 Å². The molecule has 1 saturated heterocycles. The molecule has 0 saturated carbocycles. The molecular formula is C15H20F2N2O. The molecule has 2 rings (SSSR count). The summed E-state index contributed by atoms with van der Waals surface area (Å²) >= 11 is 0. The summed E-state index contributed by atoms with van der Waals surface area (Å²) in [7, 11) is 1.67. The van der Waals surface area contributed by atoms with Crippen LogP contribution in [-0.4, -0.2) is 37.5 Å². The number of amides is 1. The molecule has 0 spiro atoms. The van der Waals surface area contributed by atoms with Crippen LogP contribution in [0.15, 0.2) is 12.1 Å². The highest BCUT2D eigenvalue weighted by Crippen LogP contribution is 2.18. The monoisotopic (exact) mass is 282 g/mol. The van der Waals surface area contributed by atoms with Crippen LogP contribution in [0.4, 0.5) is 8.78 Å². The summed E-state index contributed by atoms with van der Waals surface area (Å²) in [4.78, 5) is 13.8. The number of halogens is 2. The Morgan fingerprint density at radius 2 is 1.95 bits per heavy atom. The molecule has 0 radical (unpaired) electrons. The predicted molar refractivity (Wildman–Crippen MR) is 73.6 cm³/mol. The minimum atomic E-state index is -0.796. The third-order valence-electron chi connectivity index (χ3n) is 3.82. The second kappa shape index (κ2) is 6.31. The maximum Gasteiger partial charge on any atom is 0.256 e. The Morgan fingerprint density at radius 1 is 1.30 bits per heavy atom. The number of piperidine rings is 1. The Labute approximate surface area is 118 Å². The van der Waals surface area contributed by atoms with E-state index in [0.29, 0.717) is 12.5 Å². The van der Waals surface area contributed by atoms with Crippen LogP contribution in [0.3, 0.4) is 0 Å². The Kier molecular flexibility index (Phi) is 4.70. The van der Waals surface area contributed by atoms with Gasteiger partial charge in [0, 0.05) is 19.7 Å². The van der Waals surface area contributed by atoms with Crippen molar-refractivity contribution in [2.45, 2.75) is 19.8 Å². The van der Waals surface area contributed by atoms with Crippen molar-refractivity contribution in [1.82, 2.24) is 10.2 Å². The molecule has 1 fully saturated rings. The van der Waals surface area contributed by atoms with E-state index in [-0.39, 0.29) is 17.0 Å².